The lowest BCUT2D eigenvalue weighted by Crippen LogP contribution is -2.53. The summed E-state index contributed by atoms with van der Waals surface area (Å²) >= 11 is 0. The first-order valence-electron chi connectivity index (χ1n) is 8.89. The van der Waals surface area contributed by atoms with Crippen LogP contribution in [0.1, 0.15) is 44.6 Å². The van der Waals surface area contributed by atoms with E-state index in [4.69, 9.17) is 4.74 Å². The Morgan fingerprint density at radius 1 is 1.38 bits per heavy atom. The van der Waals surface area contributed by atoms with Gasteiger partial charge in [0.05, 0.1) is 0 Å². The van der Waals surface area contributed by atoms with E-state index in [-0.39, 0.29) is 6.03 Å². The van der Waals surface area contributed by atoms with E-state index in [1.165, 1.54) is 0 Å². The third kappa shape index (κ3) is 5.21. The van der Waals surface area contributed by atoms with E-state index in [2.05, 4.69) is 12.2 Å². The zero-order chi connectivity index (χ0) is 17.4. The van der Waals surface area contributed by atoms with Gasteiger partial charge in [-0.2, -0.15) is 0 Å². The third-order valence-electron chi connectivity index (χ3n) is 4.65. The maximum atomic E-state index is 12.7. The number of unbranched alkanes of at least 4 members (excludes halogenated alkanes) is 1. The molecule has 1 aliphatic heterocycles. The fraction of sp³-hybridized carbons (Fsp3) is 0.632. The first kappa shape index (κ1) is 18.7. The summed E-state index contributed by atoms with van der Waals surface area (Å²) in [4.78, 5) is 14.5. The number of carbonyl (C=O) groups excluding carboxylic acids is 1. The van der Waals surface area contributed by atoms with Crippen LogP contribution in [0.15, 0.2) is 30.3 Å². The normalized spacial score (nSPS) is 20.5. The Balaban J connectivity index is 2.06. The number of piperidine rings is 1. The lowest BCUT2D eigenvalue weighted by Gasteiger charge is -2.36. The number of amides is 2. The topological polar surface area (TPSA) is 61.8 Å². The molecule has 134 valence electrons. The molecule has 1 unspecified atom stereocenters. The number of rotatable bonds is 7. The smallest absolute Gasteiger partial charge is 0.319 e. The van der Waals surface area contributed by atoms with Gasteiger partial charge in [-0.3, -0.25) is 0 Å². The number of hydrogen-bond donors (Lipinski definition) is 2. The second-order valence-corrected chi connectivity index (χ2v) is 6.80. The average molecular weight is 334 g/mol. The first-order valence-corrected chi connectivity index (χ1v) is 8.89. The zero-order valence-electron chi connectivity index (χ0n) is 14.8. The molecular formula is C19H30N2O3. The van der Waals surface area contributed by atoms with Crippen LogP contribution in [0.2, 0.25) is 0 Å². The number of hydrogen-bond acceptors (Lipinski definition) is 3. The Hall–Kier alpha value is -1.59. The Morgan fingerprint density at radius 3 is 2.79 bits per heavy atom. The quantitative estimate of drug-likeness (QED) is 0.595. The predicted octanol–water partition coefficient (Wildman–Crippen LogP) is 3.09. The standard InChI is InChI=1S/C19H30N2O3/c1-16-9-8-13-21(15-16)18(22)20-19(23,12-6-7-14-24-2)17-10-4-3-5-11-17/h3-5,10-11,16,23H,6-9,12-15H2,1-2H3,(H,20,22)/t16?,19-/m1/s1. The number of ether oxygens (including phenoxy) is 1. The van der Waals surface area contributed by atoms with Crippen molar-refractivity contribution in [2.45, 2.75) is 44.8 Å². The van der Waals surface area contributed by atoms with Gasteiger partial charge in [0.2, 0.25) is 0 Å². The van der Waals surface area contributed by atoms with Crippen LogP contribution in [0, 0.1) is 5.92 Å². The maximum absolute atomic E-state index is 12.7. The molecule has 0 bridgehead atoms. The van der Waals surface area contributed by atoms with Gasteiger partial charge < -0.3 is 20.1 Å². The fourth-order valence-electron chi connectivity index (χ4n) is 3.25. The SMILES string of the molecule is COCCCC[C@](O)(NC(=O)N1CCCC(C)C1)c1ccccc1. The largest absolute Gasteiger partial charge is 0.385 e. The Labute approximate surface area is 145 Å². The Bertz CT molecular complexity index is 509. The van der Waals surface area contributed by atoms with Crippen molar-refractivity contribution in [3.8, 4) is 0 Å². The molecule has 24 heavy (non-hydrogen) atoms. The number of likely N-dealkylation sites (tertiary alicyclic amines) is 1. The number of methoxy groups -OCH3 is 1. The molecule has 0 aliphatic carbocycles. The van der Waals surface area contributed by atoms with Crippen molar-refractivity contribution < 1.29 is 14.6 Å². The highest BCUT2D eigenvalue weighted by molar-refractivity contribution is 5.75. The second kappa shape index (κ2) is 9.04. The first-order chi connectivity index (χ1) is 11.5. The third-order valence-corrected chi connectivity index (χ3v) is 4.65. The van der Waals surface area contributed by atoms with Crippen LogP contribution in [0.25, 0.3) is 0 Å². The highest BCUT2D eigenvalue weighted by Gasteiger charge is 2.33. The number of nitrogens with one attached hydrogen (secondary N) is 1. The molecular weight excluding hydrogens is 304 g/mol. The van der Waals surface area contributed by atoms with Crippen LogP contribution in [0.3, 0.4) is 0 Å². The van der Waals surface area contributed by atoms with Gasteiger partial charge in [-0.25, -0.2) is 4.79 Å². The van der Waals surface area contributed by atoms with Gasteiger partial charge >= 0.3 is 6.03 Å². The summed E-state index contributed by atoms with van der Waals surface area (Å²) in [5.74, 6) is 0.510. The molecule has 0 aromatic heterocycles. The summed E-state index contributed by atoms with van der Waals surface area (Å²) in [5, 5.41) is 14.0. The fourth-order valence-corrected chi connectivity index (χ4v) is 3.25. The summed E-state index contributed by atoms with van der Waals surface area (Å²) in [7, 11) is 1.67. The van der Waals surface area contributed by atoms with Crippen LogP contribution in [0.5, 0.6) is 0 Å². The van der Waals surface area contributed by atoms with Crippen molar-refractivity contribution in [3.05, 3.63) is 35.9 Å². The maximum Gasteiger partial charge on any atom is 0.319 e. The van der Waals surface area contributed by atoms with Crippen LogP contribution in [-0.2, 0) is 10.5 Å². The number of urea groups is 1. The minimum atomic E-state index is -1.34. The molecule has 0 saturated carbocycles. The van der Waals surface area contributed by atoms with Crippen molar-refractivity contribution in [2.24, 2.45) is 5.92 Å². The van der Waals surface area contributed by atoms with Crippen LogP contribution in [0.4, 0.5) is 4.79 Å². The predicted molar refractivity (Wildman–Crippen MR) is 94.6 cm³/mol. The summed E-state index contributed by atoms with van der Waals surface area (Å²) in [6.07, 6.45) is 4.27. The molecule has 1 aliphatic rings. The molecule has 1 fully saturated rings. The average Bonchev–Trinajstić information content (AvgIpc) is 2.59. The van der Waals surface area contributed by atoms with E-state index in [9.17, 15) is 9.90 Å². The van der Waals surface area contributed by atoms with Crippen molar-refractivity contribution in [2.75, 3.05) is 26.8 Å². The van der Waals surface area contributed by atoms with Gasteiger partial charge in [0, 0.05) is 32.4 Å². The van der Waals surface area contributed by atoms with Crippen LogP contribution in [-0.4, -0.2) is 42.8 Å². The van der Waals surface area contributed by atoms with Gasteiger partial charge in [0.15, 0.2) is 5.72 Å². The monoisotopic (exact) mass is 334 g/mol. The van der Waals surface area contributed by atoms with E-state index >= 15 is 0 Å². The number of aliphatic hydroxyl groups is 1. The number of nitrogens with zero attached hydrogens (tertiary/aromatic N) is 1. The Kier molecular flexibility index (Phi) is 7.06. The highest BCUT2D eigenvalue weighted by atomic mass is 16.5. The minimum Gasteiger partial charge on any atom is -0.385 e. The summed E-state index contributed by atoms with van der Waals surface area (Å²) < 4.78 is 5.07. The molecule has 2 rings (SSSR count). The molecule has 0 radical (unpaired) electrons. The zero-order valence-corrected chi connectivity index (χ0v) is 14.8. The second-order valence-electron chi connectivity index (χ2n) is 6.80. The van der Waals surface area contributed by atoms with Gasteiger partial charge in [-0.1, -0.05) is 37.3 Å². The van der Waals surface area contributed by atoms with Gasteiger partial charge in [0.1, 0.15) is 0 Å². The molecule has 2 amide bonds. The van der Waals surface area contributed by atoms with Gasteiger partial charge in [-0.05, 0) is 38.0 Å². The molecule has 1 aromatic rings. The molecule has 5 heteroatoms. The van der Waals surface area contributed by atoms with Crippen molar-refractivity contribution >= 4 is 6.03 Å². The lowest BCUT2D eigenvalue weighted by atomic mass is 9.96. The summed E-state index contributed by atoms with van der Waals surface area (Å²) in [6, 6.07) is 9.20. The van der Waals surface area contributed by atoms with Crippen LogP contribution >= 0.6 is 0 Å². The lowest BCUT2D eigenvalue weighted by molar-refractivity contribution is -0.00585. The van der Waals surface area contributed by atoms with E-state index in [0.717, 1.165) is 44.3 Å². The van der Waals surface area contributed by atoms with Gasteiger partial charge in [0.25, 0.3) is 0 Å². The molecule has 1 aromatic carbocycles. The molecule has 1 heterocycles. The number of benzene rings is 1. The molecule has 2 N–H and O–H groups in total. The van der Waals surface area contributed by atoms with Gasteiger partial charge in [-0.15, -0.1) is 0 Å². The highest BCUT2D eigenvalue weighted by Crippen LogP contribution is 2.25. The summed E-state index contributed by atoms with van der Waals surface area (Å²) in [5.41, 5.74) is -0.618. The van der Waals surface area contributed by atoms with Crippen LogP contribution < -0.4 is 5.32 Å². The van der Waals surface area contributed by atoms with E-state index < -0.39 is 5.72 Å². The Morgan fingerprint density at radius 2 is 2.12 bits per heavy atom. The molecule has 5 nitrogen and oxygen atoms in total. The van der Waals surface area contributed by atoms with Crippen molar-refractivity contribution in [1.82, 2.24) is 10.2 Å². The van der Waals surface area contributed by atoms with Crippen molar-refractivity contribution in [1.29, 1.82) is 0 Å². The number of carbonyl (C=O) groups is 1. The summed E-state index contributed by atoms with van der Waals surface area (Å²) in [6.45, 7) is 4.32. The minimum absolute atomic E-state index is 0.181. The molecule has 2 atom stereocenters. The van der Waals surface area contributed by atoms with E-state index in [1.807, 2.05) is 35.2 Å². The van der Waals surface area contributed by atoms with Crippen molar-refractivity contribution in [3.63, 3.8) is 0 Å². The van der Waals surface area contributed by atoms with E-state index in [1.54, 1.807) is 7.11 Å². The molecule has 0 spiro atoms. The molecule has 1 saturated heterocycles. The van der Waals surface area contributed by atoms with E-state index in [0.29, 0.717) is 18.9 Å².